The molecule has 0 bridgehead atoms. The van der Waals surface area contributed by atoms with Crippen LogP contribution in [-0.2, 0) is 20.8 Å². The van der Waals surface area contributed by atoms with Gasteiger partial charge in [-0.25, -0.2) is 0 Å². The monoisotopic (exact) mass is 318 g/mol. The van der Waals surface area contributed by atoms with Crippen molar-refractivity contribution in [3.05, 3.63) is 35.9 Å². The largest absolute Gasteiger partial charge is 0.347 e. The molecule has 23 heavy (non-hydrogen) atoms. The van der Waals surface area contributed by atoms with Gasteiger partial charge in [-0.15, -0.1) is 0 Å². The predicted molar refractivity (Wildman–Crippen MR) is 87.8 cm³/mol. The molecule has 0 aliphatic carbocycles. The lowest BCUT2D eigenvalue weighted by Gasteiger charge is -2.40. The number of carbonyl (C=O) groups is 1. The third-order valence-electron chi connectivity index (χ3n) is 4.92. The van der Waals surface area contributed by atoms with Crippen LogP contribution in [0.15, 0.2) is 30.3 Å². The first-order chi connectivity index (χ1) is 11.1. The minimum atomic E-state index is -0.380. The molecule has 3 rings (SSSR count). The average Bonchev–Trinajstić information content (AvgIpc) is 3.03. The molecule has 5 heteroatoms. The Morgan fingerprint density at radius 1 is 1.22 bits per heavy atom. The van der Waals surface area contributed by atoms with Crippen LogP contribution in [0.25, 0.3) is 0 Å². The number of ether oxygens (including phenoxy) is 2. The molecule has 1 unspecified atom stereocenters. The summed E-state index contributed by atoms with van der Waals surface area (Å²) < 4.78 is 11.5. The highest BCUT2D eigenvalue weighted by atomic mass is 16.7. The number of carbonyl (C=O) groups excluding carboxylic acids is 1. The van der Waals surface area contributed by atoms with Crippen LogP contribution in [0.5, 0.6) is 0 Å². The lowest BCUT2D eigenvalue weighted by molar-refractivity contribution is -0.189. The van der Waals surface area contributed by atoms with Gasteiger partial charge < -0.3 is 14.4 Å². The Morgan fingerprint density at radius 3 is 2.43 bits per heavy atom. The summed E-state index contributed by atoms with van der Waals surface area (Å²) in [5.74, 6) is -0.215. The van der Waals surface area contributed by atoms with Crippen molar-refractivity contribution >= 4 is 5.91 Å². The molecule has 1 spiro atoms. The van der Waals surface area contributed by atoms with Gasteiger partial charge in [0.15, 0.2) is 5.79 Å². The average molecular weight is 318 g/mol. The molecule has 2 fully saturated rings. The molecule has 2 heterocycles. The Balaban J connectivity index is 1.53. The second-order valence-electron chi connectivity index (χ2n) is 6.50. The molecule has 0 aromatic heterocycles. The zero-order valence-corrected chi connectivity index (χ0v) is 14.0. The lowest BCUT2D eigenvalue weighted by atomic mass is 10.0. The van der Waals surface area contributed by atoms with Gasteiger partial charge in [0.2, 0.25) is 5.91 Å². The molecule has 0 N–H and O–H groups in total. The minimum absolute atomic E-state index is 0.109. The summed E-state index contributed by atoms with van der Waals surface area (Å²) in [4.78, 5) is 16.7. The first-order valence-electron chi connectivity index (χ1n) is 8.40. The van der Waals surface area contributed by atoms with Gasteiger partial charge in [0.05, 0.1) is 19.3 Å². The summed E-state index contributed by atoms with van der Waals surface area (Å²) in [5, 5.41) is 0. The molecule has 1 atom stereocenters. The number of likely N-dealkylation sites (tertiary alicyclic amines) is 1. The lowest BCUT2D eigenvalue weighted by Crippen LogP contribution is -2.52. The van der Waals surface area contributed by atoms with Crippen molar-refractivity contribution in [2.45, 2.75) is 38.1 Å². The number of rotatable bonds is 4. The van der Waals surface area contributed by atoms with Crippen molar-refractivity contribution in [3.63, 3.8) is 0 Å². The maximum absolute atomic E-state index is 12.7. The fourth-order valence-corrected chi connectivity index (χ4v) is 3.45. The Hall–Kier alpha value is -1.43. The van der Waals surface area contributed by atoms with Crippen LogP contribution < -0.4 is 0 Å². The normalized spacial score (nSPS) is 22.2. The highest BCUT2D eigenvalue weighted by Crippen LogP contribution is 2.32. The van der Waals surface area contributed by atoms with Crippen LogP contribution in [0.3, 0.4) is 0 Å². The standard InChI is InChI=1S/C18H26N2O3/c1-15(17(21)19(2)14-16-6-4-3-5-7-16)20-10-8-18(9-11-20)22-12-13-23-18/h3-7,15H,8-14H2,1-2H3. The summed E-state index contributed by atoms with van der Waals surface area (Å²) in [6, 6.07) is 9.99. The summed E-state index contributed by atoms with van der Waals surface area (Å²) in [6.45, 7) is 5.70. The molecular formula is C18H26N2O3. The first kappa shape index (κ1) is 16.4. The highest BCUT2D eigenvalue weighted by Gasteiger charge is 2.41. The fraction of sp³-hybridized carbons (Fsp3) is 0.611. The van der Waals surface area contributed by atoms with Gasteiger partial charge in [-0.05, 0) is 12.5 Å². The Morgan fingerprint density at radius 2 is 1.83 bits per heavy atom. The van der Waals surface area contributed by atoms with E-state index < -0.39 is 0 Å². The number of amides is 1. The number of hydrogen-bond acceptors (Lipinski definition) is 4. The smallest absolute Gasteiger partial charge is 0.239 e. The maximum atomic E-state index is 12.7. The van der Waals surface area contributed by atoms with Gasteiger partial charge >= 0.3 is 0 Å². The highest BCUT2D eigenvalue weighted by molar-refractivity contribution is 5.81. The van der Waals surface area contributed by atoms with Gasteiger partial charge in [0.1, 0.15) is 0 Å². The summed E-state index contributed by atoms with van der Waals surface area (Å²) >= 11 is 0. The number of benzene rings is 1. The van der Waals surface area contributed by atoms with Crippen LogP contribution in [-0.4, -0.2) is 60.9 Å². The van der Waals surface area contributed by atoms with E-state index in [-0.39, 0.29) is 17.7 Å². The van der Waals surface area contributed by atoms with Crippen molar-refractivity contribution in [1.29, 1.82) is 0 Å². The van der Waals surface area contributed by atoms with Crippen molar-refractivity contribution in [2.24, 2.45) is 0 Å². The van der Waals surface area contributed by atoms with E-state index in [1.54, 1.807) is 0 Å². The quantitative estimate of drug-likeness (QED) is 0.850. The van der Waals surface area contributed by atoms with Crippen molar-refractivity contribution in [3.8, 4) is 0 Å². The predicted octanol–water partition coefficient (Wildman–Crippen LogP) is 1.87. The van der Waals surface area contributed by atoms with Crippen LogP contribution in [0, 0.1) is 0 Å². The Bertz CT molecular complexity index is 518. The summed E-state index contributed by atoms with van der Waals surface area (Å²) in [6.07, 6.45) is 1.68. The zero-order chi connectivity index (χ0) is 16.3. The molecule has 1 aromatic carbocycles. The summed E-state index contributed by atoms with van der Waals surface area (Å²) in [5.41, 5.74) is 1.15. The Kier molecular flexibility index (Phi) is 4.99. The van der Waals surface area contributed by atoms with Gasteiger partial charge in [-0.1, -0.05) is 30.3 Å². The number of piperidine rings is 1. The second-order valence-corrected chi connectivity index (χ2v) is 6.50. The van der Waals surface area contributed by atoms with Gasteiger partial charge in [-0.3, -0.25) is 9.69 Å². The van der Waals surface area contributed by atoms with Crippen LogP contribution in [0.2, 0.25) is 0 Å². The van der Waals surface area contributed by atoms with E-state index in [1.165, 1.54) is 0 Å². The zero-order valence-electron chi connectivity index (χ0n) is 14.0. The van der Waals surface area contributed by atoms with Gasteiger partial charge in [0.25, 0.3) is 0 Å². The van der Waals surface area contributed by atoms with E-state index in [0.717, 1.165) is 31.5 Å². The van der Waals surface area contributed by atoms with Crippen LogP contribution >= 0.6 is 0 Å². The van der Waals surface area contributed by atoms with E-state index in [2.05, 4.69) is 4.90 Å². The first-order valence-corrected chi connectivity index (χ1v) is 8.40. The maximum Gasteiger partial charge on any atom is 0.239 e. The molecule has 2 aliphatic rings. The van der Waals surface area contributed by atoms with Gasteiger partial charge in [-0.2, -0.15) is 0 Å². The topological polar surface area (TPSA) is 42.0 Å². The molecular weight excluding hydrogens is 292 g/mol. The van der Waals surface area contributed by atoms with E-state index in [1.807, 2.05) is 49.2 Å². The SMILES string of the molecule is CC(C(=O)N(C)Cc1ccccc1)N1CCC2(CC1)OCCO2. The molecule has 0 radical (unpaired) electrons. The molecule has 1 amide bonds. The van der Waals surface area contributed by atoms with E-state index in [4.69, 9.17) is 9.47 Å². The fourth-order valence-electron chi connectivity index (χ4n) is 3.45. The van der Waals surface area contributed by atoms with Crippen LogP contribution in [0.4, 0.5) is 0 Å². The summed E-state index contributed by atoms with van der Waals surface area (Å²) in [7, 11) is 1.88. The van der Waals surface area contributed by atoms with Crippen molar-refractivity contribution in [1.82, 2.24) is 9.80 Å². The van der Waals surface area contributed by atoms with Gasteiger partial charge in [0, 0.05) is 39.5 Å². The number of likely N-dealkylation sites (N-methyl/N-ethyl adjacent to an activating group) is 1. The molecule has 5 nitrogen and oxygen atoms in total. The molecule has 2 aliphatic heterocycles. The van der Waals surface area contributed by atoms with Crippen molar-refractivity contribution < 1.29 is 14.3 Å². The molecule has 1 aromatic rings. The van der Waals surface area contributed by atoms with E-state index >= 15 is 0 Å². The van der Waals surface area contributed by atoms with Crippen molar-refractivity contribution in [2.75, 3.05) is 33.4 Å². The second kappa shape index (κ2) is 6.99. The third kappa shape index (κ3) is 3.74. The number of nitrogens with zero attached hydrogens (tertiary/aromatic N) is 2. The van der Waals surface area contributed by atoms with Crippen LogP contribution in [0.1, 0.15) is 25.3 Å². The number of hydrogen-bond donors (Lipinski definition) is 0. The van der Waals surface area contributed by atoms with E-state index in [9.17, 15) is 4.79 Å². The molecule has 2 saturated heterocycles. The molecule has 126 valence electrons. The van der Waals surface area contributed by atoms with E-state index in [0.29, 0.717) is 19.8 Å². The molecule has 0 saturated carbocycles. The minimum Gasteiger partial charge on any atom is -0.347 e. The third-order valence-corrected chi connectivity index (χ3v) is 4.92. The Labute approximate surface area is 138 Å².